The summed E-state index contributed by atoms with van der Waals surface area (Å²) in [4.78, 5) is 17.5. The van der Waals surface area contributed by atoms with E-state index in [-0.39, 0.29) is 0 Å². The van der Waals surface area contributed by atoms with Crippen molar-refractivity contribution in [3.8, 4) is 16.3 Å². The average Bonchev–Trinajstić information content (AvgIpc) is 3.15. The smallest absolute Gasteiger partial charge is 0.333 e. The second kappa shape index (κ2) is 11.6. The molecule has 0 fully saturated rings. The van der Waals surface area contributed by atoms with E-state index < -0.39 is 12.1 Å². The molecule has 182 valence electrons. The Hall–Kier alpha value is -2.70. The highest BCUT2D eigenvalue weighted by Crippen LogP contribution is 2.30. The highest BCUT2D eigenvalue weighted by Gasteiger charge is 2.19. The number of aliphatic carboxylic acids is 1. The molecule has 1 heterocycles. The van der Waals surface area contributed by atoms with Crippen LogP contribution in [-0.4, -0.2) is 35.4 Å². The molecule has 1 unspecified atom stereocenters. The molecule has 0 aliphatic rings. The van der Waals surface area contributed by atoms with Crippen molar-refractivity contribution in [1.29, 1.82) is 0 Å². The molecule has 0 saturated heterocycles. The second-order valence-corrected chi connectivity index (χ2v) is 10.1. The van der Waals surface area contributed by atoms with E-state index in [0.29, 0.717) is 25.6 Å². The largest absolute Gasteiger partial charge is 0.493 e. The number of thiazole rings is 1. The third kappa shape index (κ3) is 6.45. The lowest BCUT2D eigenvalue weighted by Gasteiger charge is -2.16. The van der Waals surface area contributed by atoms with Gasteiger partial charge >= 0.3 is 5.97 Å². The molecule has 0 saturated carbocycles. The van der Waals surface area contributed by atoms with Crippen molar-refractivity contribution in [1.82, 2.24) is 4.98 Å². The van der Waals surface area contributed by atoms with Gasteiger partial charge in [-0.1, -0.05) is 50.2 Å². The van der Waals surface area contributed by atoms with Gasteiger partial charge < -0.3 is 14.6 Å². The number of hydrogen-bond donors (Lipinski definition) is 1. The molecule has 0 aliphatic heterocycles. The van der Waals surface area contributed by atoms with Crippen LogP contribution in [0.4, 0.5) is 0 Å². The Bertz CT molecular complexity index is 1090. The van der Waals surface area contributed by atoms with E-state index in [9.17, 15) is 9.90 Å². The number of ether oxygens (including phenoxy) is 2. The summed E-state index contributed by atoms with van der Waals surface area (Å²) in [6, 6.07) is 12.7. The zero-order chi connectivity index (χ0) is 24.8. The number of carboxylic acid groups (broad SMARTS) is 1. The molecular weight excluding hydrogens is 446 g/mol. The minimum atomic E-state index is -0.939. The van der Waals surface area contributed by atoms with Gasteiger partial charge in [-0.05, 0) is 55.9 Å². The third-order valence-corrected chi connectivity index (χ3v) is 6.95. The predicted octanol–water partition coefficient (Wildman–Crippen LogP) is 6.51. The van der Waals surface area contributed by atoms with Gasteiger partial charge in [0.15, 0.2) is 6.10 Å². The molecule has 5 nitrogen and oxygen atoms in total. The zero-order valence-corrected chi connectivity index (χ0v) is 21.8. The zero-order valence-electron chi connectivity index (χ0n) is 21.0. The van der Waals surface area contributed by atoms with E-state index >= 15 is 0 Å². The Balaban J connectivity index is 1.64. The molecule has 0 radical (unpaired) electrons. The molecule has 2 aromatic carbocycles. The number of carbonyl (C=O) groups is 1. The molecule has 0 bridgehead atoms. The van der Waals surface area contributed by atoms with Gasteiger partial charge in [-0.3, -0.25) is 0 Å². The normalized spacial score (nSPS) is 12.2. The maximum Gasteiger partial charge on any atom is 0.333 e. The molecule has 1 aromatic heterocycles. The standard InChI is InChI=1S/C28H35NO4S/c1-7-32-25(28(30)31)16-21-14-18(4)26(19(5)15-21)33-13-12-24-20(6)34-27(29-24)23-10-8-22(9-11-23)17(2)3/h8-11,14-15,17,25H,7,12-13,16H2,1-6H3,(H,30,31). The van der Waals surface area contributed by atoms with E-state index in [1.165, 1.54) is 10.4 Å². The molecule has 3 rings (SSSR count). The molecule has 34 heavy (non-hydrogen) atoms. The number of aromatic nitrogens is 1. The molecular formula is C28H35NO4S. The first kappa shape index (κ1) is 25.9. The van der Waals surface area contributed by atoms with E-state index in [0.717, 1.165) is 45.1 Å². The summed E-state index contributed by atoms with van der Waals surface area (Å²) >= 11 is 1.72. The van der Waals surface area contributed by atoms with Crippen molar-refractivity contribution in [2.45, 2.75) is 66.4 Å². The monoisotopic (exact) mass is 481 g/mol. The minimum Gasteiger partial charge on any atom is -0.493 e. The van der Waals surface area contributed by atoms with Crippen LogP contribution in [0.15, 0.2) is 36.4 Å². The highest BCUT2D eigenvalue weighted by molar-refractivity contribution is 7.15. The van der Waals surface area contributed by atoms with Gasteiger partial charge in [-0.15, -0.1) is 11.3 Å². The topological polar surface area (TPSA) is 68.7 Å². The van der Waals surface area contributed by atoms with Gasteiger partial charge in [0.25, 0.3) is 0 Å². The Kier molecular flexibility index (Phi) is 8.86. The Morgan fingerprint density at radius 3 is 2.29 bits per heavy atom. The lowest BCUT2D eigenvalue weighted by Crippen LogP contribution is -2.26. The van der Waals surface area contributed by atoms with E-state index in [2.05, 4.69) is 45.0 Å². The second-order valence-electron chi connectivity index (χ2n) is 8.94. The van der Waals surface area contributed by atoms with Crippen LogP contribution in [0.3, 0.4) is 0 Å². The van der Waals surface area contributed by atoms with E-state index in [1.54, 1.807) is 18.3 Å². The summed E-state index contributed by atoms with van der Waals surface area (Å²) in [6.45, 7) is 13.2. The number of carboxylic acids is 1. The Morgan fingerprint density at radius 2 is 1.74 bits per heavy atom. The van der Waals surface area contributed by atoms with Gasteiger partial charge in [-0.25, -0.2) is 9.78 Å². The van der Waals surface area contributed by atoms with E-state index in [4.69, 9.17) is 14.5 Å². The summed E-state index contributed by atoms with van der Waals surface area (Å²) < 4.78 is 11.5. The predicted molar refractivity (Wildman–Crippen MR) is 138 cm³/mol. The SMILES string of the molecule is CCOC(Cc1cc(C)c(OCCc2nc(-c3ccc(C(C)C)cc3)sc2C)c(C)c1)C(=O)O. The van der Waals surface area contributed by atoms with Crippen LogP contribution in [0, 0.1) is 20.8 Å². The molecule has 0 amide bonds. The van der Waals surface area contributed by atoms with Crippen molar-refractivity contribution in [2.24, 2.45) is 0 Å². The molecule has 1 N–H and O–H groups in total. The third-order valence-electron chi connectivity index (χ3n) is 5.89. The molecule has 6 heteroatoms. The summed E-state index contributed by atoms with van der Waals surface area (Å²) in [5, 5.41) is 10.4. The number of nitrogens with zero attached hydrogens (tertiary/aromatic N) is 1. The number of rotatable bonds is 11. The lowest BCUT2D eigenvalue weighted by molar-refractivity contribution is -0.149. The van der Waals surface area contributed by atoms with Crippen molar-refractivity contribution in [2.75, 3.05) is 13.2 Å². The van der Waals surface area contributed by atoms with Crippen molar-refractivity contribution in [3.63, 3.8) is 0 Å². The number of aryl methyl sites for hydroxylation is 3. The van der Waals surface area contributed by atoms with Crippen molar-refractivity contribution >= 4 is 17.3 Å². The van der Waals surface area contributed by atoms with Gasteiger partial charge in [-0.2, -0.15) is 0 Å². The van der Waals surface area contributed by atoms with Crippen LogP contribution in [0.25, 0.3) is 10.6 Å². The maximum atomic E-state index is 11.4. The fraction of sp³-hybridized carbons (Fsp3) is 0.429. The number of benzene rings is 2. The molecule has 1 atom stereocenters. The first-order valence-electron chi connectivity index (χ1n) is 11.8. The molecule has 0 spiro atoms. The van der Waals surface area contributed by atoms with E-state index in [1.807, 2.05) is 26.0 Å². The van der Waals surface area contributed by atoms with Gasteiger partial charge in [0, 0.05) is 29.9 Å². The van der Waals surface area contributed by atoms with Crippen LogP contribution in [-0.2, 0) is 22.4 Å². The summed E-state index contributed by atoms with van der Waals surface area (Å²) in [6.07, 6.45) is 0.238. The van der Waals surface area contributed by atoms with Crippen LogP contribution >= 0.6 is 11.3 Å². The summed E-state index contributed by atoms with van der Waals surface area (Å²) in [5.74, 6) is 0.430. The van der Waals surface area contributed by atoms with Crippen LogP contribution < -0.4 is 4.74 Å². The number of hydrogen-bond acceptors (Lipinski definition) is 5. The summed E-state index contributed by atoms with van der Waals surface area (Å²) in [5.41, 5.74) is 6.48. The van der Waals surface area contributed by atoms with Gasteiger partial charge in [0.2, 0.25) is 0 Å². The Labute approximate surface area is 206 Å². The Morgan fingerprint density at radius 1 is 1.09 bits per heavy atom. The van der Waals surface area contributed by atoms with Crippen LogP contribution in [0.1, 0.15) is 59.5 Å². The summed E-state index contributed by atoms with van der Waals surface area (Å²) in [7, 11) is 0. The maximum absolute atomic E-state index is 11.4. The molecule has 3 aromatic rings. The quantitative estimate of drug-likeness (QED) is 0.338. The van der Waals surface area contributed by atoms with Crippen molar-refractivity contribution in [3.05, 3.63) is 69.2 Å². The first-order chi connectivity index (χ1) is 16.2. The average molecular weight is 482 g/mol. The van der Waals surface area contributed by atoms with Crippen molar-refractivity contribution < 1.29 is 19.4 Å². The molecule has 0 aliphatic carbocycles. The fourth-order valence-electron chi connectivity index (χ4n) is 4.06. The lowest BCUT2D eigenvalue weighted by atomic mass is 10.0. The van der Waals surface area contributed by atoms with Gasteiger partial charge in [0.1, 0.15) is 10.8 Å². The minimum absolute atomic E-state index is 0.337. The van der Waals surface area contributed by atoms with Gasteiger partial charge in [0.05, 0.1) is 12.3 Å². The fourth-order valence-corrected chi connectivity index (χ4v) is 5.03. The highest BCUT2D eigenvalue weighted by atomic mass is 32.1. The first-order valence-corrected chi connectivity index (χ1v) is 12.6. The van der Waals surface area contributed by atoms with Crippen LogP contribution in [0.2, 0.25) is 0 Å². The van der Waals surface area contributed by atoms with Crippen LogP contribution in [0.5, 0.6) is 5.75 Å².